The third-order valence-corrected chi connectivity index (χ3v) is 3.32. The van der Waals surface area contributed by atoms with Gasteiger partial charge in [0.15, 0.2) is 0 Å². The van der Waals surface area contributed by atoms with Gasteiger partial charge in [-0.3, -0.25) is 0 Å². The van der Waals surface area contributed by atoms with Crippen LogP contribution in [0.15, 0.2) is 0 Å². The van der Waals surface area contributed by atoms with Gasteiger partial charge >= 0.3 is 0 Å². The molecule has 10 heavy (non-hydrogen) atoms. The van der Waals surface area contributed by atoms with Gasteiger partial charge in [-0.1, -0.05) is 0 Å². The van der Waals surface area contributed by atoms with Crippen LogP contribution >= 0.6 is 0 Å². The zero-order chi connectivity index (χ0) is 6.72. The summed E-state index contributed by atoms with van der Waals surface area (Å²) in [5.74, 6) is 1.45. The van der Waals surface area contributed by atoms with Crippen molar-refractivity contribution in [1.82, 2.24) is 0 Å². The lowest BCUT2D eigenvalue weighted by molar-refractivity contribution is -1.06. The van der Waals surface area contributed by atoms with Gasteiger partial charge in [-0.25, -0.2) is 10.1 Å². The van der Waals surface area contributed by atoms with E-state index in [-0.39, 0.29) is 5.23 Å². The molecule has 1 N–H and O–H groups in total. The van der Waals surface area contributed by atoms with Crippen molar-refractivity contribution in [2.75, 3.05) is 0 Å². The Morgan fingerprint density at radius 2 is 2.20 bits per heavy atom. The van der Waals surface area contributed by atoms with Crippen molar-refractivity contribution >= 4 is 0 Å². The predicted molar refractivity (Wildman–Crippen MR) is 33.8 cm³/mol. The molecule has 2 aliphatic carbocycles. The number of hydrogen-bond donors (Lipinski definition) is 1. The van der Waals surface area contributed by atoms with Crippen LogP contribution in [0.25, 0.3) is 0 Å². The molecule has 3 heteroatoms. The monoisotopic (exact) mass is 141 g/mol. The van der Waals surface area contributed by atoms with Crippen molar-refractivity contribution in [1.29, 1.82) is 0 Å². The largest absolute Gasteiger partial charge is 0.600 e. The van der Waals surface area contributed by atoms with E-state index in [1.165, 1.54) is 6.42 Å². The molecule has 2 saturated carbocycles. The van der Waals surface area contributed by atoms with Crippen LogP contribution in [0.2, 0.25) is 0 Å². The normalized spacial score (nSPS) is 63.9. The highest BCUT2D eigenvalue weighted by molar-refractivity contribution is 4.97. The first-order valence-corrected chi connectivity index (χ1v) is 4.05. The van der Waals surface area contributed by atoms with Crippen molar-refractivity contribution in [2.45, 2.75) is 31.4 Å². The van der Waals surface area contributed by atoms with Crippen LogP contribution in [0, 0.1) is 17.0 Å². The lowest BCUT2D eigenvalue weighted by Gasteiger charge is -2.18. The molecule has 5 atom stereocenters. The first-order valence-electron chi connectivity index (χ1n) is 4.05. The molecule has 0 aromatic rings. The number of hydrogen-bond acceptors (Lipinski definition) is 2. The highest BCUT2D eigenvalue weighted by Gasteiger charge is 2.56. The molecular weight excluding hydrogens is 130 g/mol. The van der Waals surface area contributed by atoms with E-state index in [4.69, 9.17) is 4.84 Å². The molecule has 0 aromatic heterocycles. The second-order valence-electron chi connectivity index (χ2n) is 3.82. The van der Waals surface area contributed by atoms with Gasteiger partial charge in [0.2, 0.25) is 0 Å². The average molecular weight is 141 g/mol. The molecule has 3 nitrogen and oxygen atoms in total. The van der Waals surface area contributed by atoms with E-state index in [2.05, 4.69) is 0 Å². The summed E-state index contributed by atoms with van der Waals surface area (Å²) in [7, 11) is 0. The average Bonchev–Trinajstić information content (AvgIpc) is 2.44. The van der Waals surface area contributed by atoms with Gasteiger partial charge in [0.1, 0.15) is 12.1 Å². The van der Waals surface area contributed by atoms with E-state index >= 15 is 0 Å². The summed E-state index contributed by atoms with van der Waals surface area (Å²) in [5, 5.41) is 11.2. The molecule has 1 heterocycles. The molecule has 3 aliphatic rings. The number of nitrogens with one attached hydrogen (secondary N) is 1. The summed E-state index contributed by atoms with van der Waals surface area (Å²) in [6.45, 7) is 0. The fraction of sp³-hybridized carbons (Fsp3) is 1.00. The standard InChI is InChI=1S/C7H11NO2/c9-8-6-2-4-1-5(6)7(3-4)10-8/h4-8H,1-3H2. The van der Waals surface area contributed by atoms with Crippen LogP contribution < -0.4 is 5.23 Å². The van der Waals surface area contributed by atoms with Crippen LogP contribution in [0.1, 0.15) is 19.3 Å². The Morgan fingerprint density at radius 3 is 2.80 bits per heavy atom. The lowest BCUT2D eigenvalue weighted by atomic mass is 9.95. The summed E-state index contributed by atoms with van der Waals surface area (Å²) in [6.07, 6.45) is 3.88. The summed E-state index contributed by atoms with van der Waals surface area (Å²) in [5.41, 5.74) is 0. The maximum atomic E-state index is 11.1. The predicted octanol–water partition coefficient (Wildman–Crippen LogP) is -0.519. The maximum absolute atomic E-state index is 11.1. The third kappa shape index (κ3) is 0.480. The maximum Gasteiger partial charge on any atom is 0.126 e. The quantitative estimate of drug-likeness (QED) is 0.461. The lowest BCUT2D eigenvalue weighted by Crippen LogP contribution is -3.08. The molecule has 3 rings (SSSR count). The van der Waals surface area contributed by atoms with E-state index in [0.717, 1.165) is 18.8 Å². The Morgan fingerprint density at radius 1 is 1.30 bits per heavy atom. The van der Waals surface area contributed by atoms with Gasteiger partial charge in [-0.15, -0.1) is 0 Å². The van der Waals surface area contributed by atoms with Gasteiger partial charge in [0.05, 0.1) is 0 Å². The Bertz CT molecular complexity index is 171. The summed E-state index contributed by atoms with van der Waals surface area (Å²) in [4.78, 5) is 5.20. The minimum atomic E-state index is 0.0926. The minimum Gasteiger partial charge on any atom is -0.600 e. The molecule has 0 spiro atoms. The van der Waals surface area contributed by atoms with E-state index in [0.29, 0.717) is 18.1 Å². The minimum absolute atomic E-state index is 0.0926. The Balaban J connectivity index is 1.98. The Hall–Kier alpha value is -0.120. The first-order chi connectivity index (χ1) is 4.84. The van der Waals surface area contributed by atoms with Crippen molar-refractivity contribution in [3.63, 3.8) is 0 Å². The topological polar surface area (TPSA) is 36.7 Å². The van der Waals surface area contributed by atoms with Crippen LogP contribution in [0.3, 0.4) is 0 Å². The molecule has 3 fully saturated rings. The van der Waals surface area contributed by atoms with Crippen molar-refractivity contribution in [3.05, 3.63) is 5.21 Å². The zero-order valence-corrected chi connectivity index (χ0v) is 5.75. The fourth-order valence-electron chi connectivity index (χ4n) is 2.93. The fourth-order valence-corrected chi connectivity index (χ4v) is 2.93. The first kappa shape index (κ1) is 5.52. The molecule has 0 aromatic carbocycles. The number of hydroxylamine groups is 2. The molecule has 1 saturated heterocycles. The molecule has 5 unspecified atom stereocenters. The van der Waals surface area contributed by atoms with Crippen LogP contribution in [0.5, 0.6) is 0 Å². The number of fused-ring (bicyclic) bond motifs is 1. The van der Waals surface area contributed by atoms with Crippen molar-refractivity contribution < 1.29 is 10.1 Å². The SMILES string of the molecule is [O-][NH+]1OC2CC3CC2C1C3. The van der Waals surface area contributed by atoms with Crippen molar-refractivity contribution in [2.24, 2.45) is 11.8 Å². The number of rotatable bonds is 0. The van der Waals surface area contributed by atoms with Gasteiger partial charge in [-0.05, 0) is 18.8 Å². The van der Waals surface area contributed by atoms with Gasteiger partial charge in [-0.2, -0.15) is 0 Å². The molecule has 0 radical (unpaired) electrons. The van der Waals surface area contributed by atoms with E-state index < -0.39 is 0 Å². The van der Waals surface area contributed by atoms with Gasteiger partial charge in [0, 0.05) is 12.3 Å². The molecule has 0 amide bonds. The van der Waals surface area contributed by atoms with Crippen LogP contribution in [-0.2, 0) is 4.84 Å². The highest BCUT2D eigenvalue weighted by Crippen LogP contribution is 2.46. The molecule has 1 aliphatic heterocycles. The van der Waals surface area contributed by atoms with E-state index in [1.807, 2.05) is 0 Å². The molecule has 2 bridgehead atoms. The number of quaternary nitrogens is 1. The van der Waals surface area contributed by atoms with Gasteiger partial charge < -0.3 is 5.21 Å². The van der Waals surface area contributed by atoms with Crippen LogP contribution in [-0.4, -0.2) is 12.1 Å². The molecule has 56 valence electrons. The van der Waals surface area contributed by atoms with E-state index in [1.54, 1.807) is 0 Å². The van der Waals surface area contributed by atoms with E-state index in [9.17, 15) is 5.21 Å². The second kappa shape index (κ2) is 1.55. The summed E-state index contributed by atoms with van der Waals surface area (Å²) in [6, 6.07) is 0.309. The summed E-state index contributed by atoms with van der Waals surface area (Å²) < 4.78 is 0. The zero-order valence-electron chi connectivity index (χ0n) is 5.75. The van der Waals surface area contributed by atoms with Gasteiger partial charge in [0.25, 0.3) is 0 Å². The molecular formula is C7H11NO2. The van der Waals surface area contributed by atoms with Crippen molar-refractivity contribution in [3.8, 4) is 0 Å². The Kier molecular flexibility index (Phi) is 0.854. The van der Waals surface area contributed by atoms with Crippen LogP contribution in [0.4, 0.5) is 0 Å². The Labute approximate surface area is 59.5 Å². The smallest absolute Gasteiger partial charge is 0.126 e. The third-order valence-electron chi connectivity index (χ3n) is 3.32. The summed E-state index contributed by atoms with van der Waals surface area (Å²) >= 11 is 0. The second-order valence-corrected chi connectivity index (χ2v) is 3.82. The highest BCUT2D eigenvalue weighted by atomic mass is 16.9.